The zero-order valence-electron chi connectivity index (χ0n) is 12.5. The van der Waals surface area contributed by atoms with Gasteiger partial charge in [0.05, 0.1) is 6.61 Å². The van der Waals surface area contributed by atoms with Gasteiger partial charge in [0, 0.05) is 25.8 Å². The summed E-state index contributed by atoms with van der Waals surface area (Å²) in [4.78, 5) is 10.8. The van der Waals surface area contributed by atoms with Crippen LogP contribution in [-0.4, -0.2) is 36.8 Å². The first-order valence-corrected chi connectivity index (χ1v) is 7.09. The Morgan fingerprint density at radius 2 is 1.95 bits per heavy atom. The first kappa shape index (κ1) is 16.2. The molecule has 0 aromatic carbocycles. The van der Waals surface area contributed by atoms with Crippen LogP contribution in [0.15, 0.2) is 6.33 Å². The maximum Gasteiger partial charge on any atom is 0.138 e. The van der Waals surface area contributed by atoms with E-state index in [1.165, 1.54) is 6.33 Å². The third-order valence-electron chi connectivity index (χ3n) is 2.84. The average Bonchev–Trinajstić information content (AvgIpc) is 2.33. The smallest absolute Gasteiger partial charge is 0.138 e. The van der Waals surface area contributed by atoms with E-state index in [9.17, 15) is 0 Å². The molecule has 0 bridgehead atoms. The Hall–Kier alpha value is -0.870. The van der Waals surface area contributed by atoms with Gasteiger partial charge in [0.25, 0.3) is 0 Å². The highest BCUT2D eigenvalue weighted by atomic mass is 35.5. The number of methoxy groups -OCH3 is 1. The molecule has 0 radical (unpaired) electrons. The highest BCUT2D eigenvalue weighted by molar-refractivity contribution is 6.30. The molecule has 0 saturated heterocycles. The van der Waals surface area contributed by atoms with Crippen LogP contribution in [0.1, 0.15) is 39.2 Å². The van der Waals surface area contributed by atoms with Crippen LogP contribution in [0.3, 0.4) is 0 Å². The molecule has 5 heteroatoms. The summed E-state index contributed by atoms with van der Waals surface area (Å²) < 4.78 is 5.19. The van der Waals surface area contributed by atoms with Crippen molar-refractivity contribution in [2.24, 2.45) is 5.92 Å². The number of nitrogens with zero attached hydrogens (tertiary/aromatic N) is 3. The zero-order chi connectivity index (χ0) is 14.4. The largest absolute Gasteiger partial charge is 0.383 e. The Morgan fingerprint density at radius 1 is 1.26 bits per heavy atom. The molecule has 1 heterocycles. The molecule has 0 saturated carbocycles. The molecule has 1 aromatic rings. The van der Waals surface area contributed by atoms with Gasteiger partial charge in [0.15, 0.2) is 0 Å². The fraction of sp³-hybridized carbons (Fsp3) is 0.714. The molecular weight excluding hydrogens is 262 g/mol. The van der Waals surface area contributed by atoms with Gasteiger partial charge in [-0.2, -0.15) is 0 Å². The molecule has 1 rings (SSSR count). The summed E-state index contributed by atoms with van der Waals surface area (Å²) in [6.45, 7) is 11.0. The minimum atomic E-state index is 0.293. The van der Waals surface area contributed by atoms with Gasteiger partial charge in [-0.25, -0.2) is 9.97 Å². The molecule has 0 atom stereocenters. The second-order valence-electron chi connectivity index (χ2n) is 5.39. The van der Waals surface area contributed by atoms with Crippen molar-refractivity contribution in [2.75, 3.05) is 31.7 Å². The van der Waals surface area contributed by atoms with E-state index in [0.717, 1.165) is 24.5 Å². The van der Waals surface area contributed by atoms with E-state index in [4.69, 9.17) is 16.3 Å². The van der Waals surface area contributed by atoms with Crippen molar-refractivity contribution in [2.45, 2.75) is 33.6 Å². The van der Waals surface area contributed by atoms with Gasteiger partial charge >= 0.3 is 0 Å². The first-order chi connectivity index (χ1) is 8.97. The van der Waals surface area contributed by atoms with Gasteiger partial charge in [-0.3, -0.25) is 0 Å². The predicted octanol–water partition coefficient (Wildman–Crippen LogP) is 3.36. The second-order valence-corrected chi connectivity index (χ2v) is 5.75. The third kappa shape index (κ3) is 4.62. The Kier molecular flexibility index (Phi) is 6.52. The molecule has 0 aliphatic heterocycles. The summed E-state index contributed by atoms with van der Waals surface area (Å²) in [5.74, 6) is 1.77. The van der Waals surface area contributed by atoms with Crippen molar-refractivity contribution < 1.29 is 4.74 Å². The predicted molar refractivity (Wildman–Crippen MR) is 80.1 cm³/mol. The van der Waals surface area contributed by atoms with Crippen molar-refractivity contribution in [3.8, 4) is 0 Å². The summed E-state index contributed by atoms with van der Waals surface area (Å²) in [7, 11) is 1.71. The van der Waals surface area contributed by atoms with E-state index < -0.39 is 0 Å². The molecule has 108 valence electrons. The summed E-state index contributed by atoms with van der Waals surface area (Å²) in [5, 5.41) is 0.547. The van der Waals surface area contributed by atoms with Crippen molar-refractivity contribution in [3.05, 3.63) is 17.0 Å². The Balaban J connectivity index is 3.09. The van der Waals surface area contributed by atoms with Crippen LogP contribution in [0.5, 0.6) is 0 Å². The molecule has 0 spiro atoms. The molecule has 0 unspecified atom stereocenters. The number of hydrogen-bond acceptors (Lipinski definition) is 4. The lowest BCUT2D eigenvalue weighted by Crippen LogP contribution is -2.32. The van der Waals surface area contributed by atoms with E-state index in [1.54, 1.807) is 7.11 Å². The number of anilines is 1. The van der Waals surface area contributed by atoms with Crippen LogP contribution >= 0.6 is 11.6 Å². The van der Waals surface area contributed by atoms with Crippen molar-refractivity contribution in [3.63, 3.8) is 0 Å². The normalized spacial score (nSPS) is 11.4. The fourth-order valence-electron chi connectivity index (χ4n) is 2.04. The maximum absolute atomic E-state index is 6.23. The van der Waals surface area contributed by atoms with Crippen LogP contribution in [0.4, 0.5) is 5.82 Å². The molecule has 0 aliphatic carbocycles. The minimum absolute atomic E-state index is 0.293. The highest BCUT2D eigenvalue weighted by Gasteiger charge is 2.19. The summed E-state index contributed by atoms with van der Waals surface area (Å²) in [6, 6.07) is 0. The van der Waals surface area contributed by atoms with E-state index in [1.807, 2.05) is 0 Å². The maximum atomic E-state index is 6.23. The Morgan fingerprint density at radius 3 is 2.47 bits per heavy atom. The van der Waals surface area contributed by atoms with Crippen LogP contribution in [0, 0.1) is 5.92 Å². The zero-order valence-corrected chi connectivity index (χ0v) is 13.2. The molecule has 0 amide bonds. The van der Waals surface area contributed by atoms with Crippen LogP contribution in [0.2, 0.25) is 5.15 Å². The van der Waals surface area contributed by atoms with Gasteiger partial charge in [0.2, 0.25) is 0 Å². The topological polar surface area (TPSA) is 38.2 Å². The monoisotopic (exact) mass is 285 g/mol. The number of hydrogen-bond donors (Lipinski definition) is 0. The molecule has 0 N–H and O–H groups in total. The summed E-state index contributed by atoms with van der Waals surface area (Å²) >= 11 is 6.23. The average molecular weight is 286 g/mol. The highest BCUT2D eigenvalue weighted by Crippen LogP contribution is 2.30. The molecular formula is C14H24ClN3O. The lowest BCUT2D eigenvalue weighted by molar-refractivity contribution is 0.204. The van der Waals surface area contributed by atoms with Gasteiger partial charge in [0.1, 0.15) is 17.3 Å². The standard InChI is InChI=1S/C14H24ClN3O/c1-10(2)8-18(6-7-19-5)14-12(11(3)4)13(15)16-9-17-14/h9-11H,6-8H2,1-5H3. The lowest BCUT2D eigenvalue weighted by atomic mass is 10.0. The summed E-state index contributed by atoms with van der Waals surface area (Å²) in [5.41, 5.74) is 1.01. The van der Waals surface area contributed by atoms with Gasteiger partial charge in [-0.1, -0.05) is 39.3 Å². The van der Waals surface area contributed by atoms with E-state index >= 15 is 0 Å². The molecule has 1 aromatic heterocycles. The quantitative estimate of drug-likeness (QED) is 0.720. The molecule has 19 heavy (non-hydrogen) atoms. The number of ether oxygens (including phenoxy) is 1. The first-order valence-electron chi connectivity index (χ1n) is 6.71. The number of rotatable bonds is 7. The van der Waals surface area contributed by atoms with E-state index in [0.29, 0.717) is 23.6 Å². The van der Waals surface area contributed by atoms with E-state index in [-0.39, 0.29) is 0 Å². The van der Waals surface area contributed by atoms with Crippen LogP contribution in [0.25, 0.3) is 0 Å². The molecule has 0 fully saturated rings. The lowest BCUT2D eigenvalue weighted by Gasteiger charge is -2.28. The van der Waals surface area contributed by atoms with Gasteiger partial charge < -0.3 is 9.64 Å². The van der Waals surface area contributed by atoms with Crippen LogP contribution in [-0.2, 0) is 4.74 Å². The second kappa shape index (κ2) is 7.65. The molecule has 4 nitrogen and oxygen atoms in total. The Labute approximate surface area is 121 Å². The van der Waals surface area contributed by atoms with Crippen molar-refractivity contribution in [1.82, 2.24) is 9.97 Å². The molecule has 0 aliphatic rings. The number of aromatic nitrogens is 2. The SMILES string of the molecule is COCCN(CC(C)C)c1ncnc(Cl)c1C(C)C. The Bertz CT molecular complexity index is 396. The van der Waals surface area contributed by atoms with Gasteiger partial charge in [-0.15, -0.1) is 0 Å². The van der Waals surface area contributed by atoms with E-state index in [2.05, 4.69) is 42.6 Å². The van der Waals surface area contributed by atoms with Crippen LogP contribution < -0.4 is 4.90 Å². The minimum Gasteiger partial charge on any atom is -0.383 e. The van der Waals surface area contributed by atoms with Gasteiger partial charge in [-0.05, 0) is 11.8 Å². The number of halogens is 1. The third-order valence-corrected chi connectivity index (χ3v) is 3.14. The fourth-order valence-corrected chi connectivity index (χ4v) is 2.39. The van der Waals surface area contributed by atoms with Crippen molar-refractivity contribution in [1.29, 1.82) is 0 Å². The summed E-state index contributed by atoms with van der Waals surface area (Å²) in [6.07, 6.45) is 1.53. The van der Waals surface area contributed by atoms with Crippen molar-refractivity contribution >= 4 is 17.4 Å².